The molecule has 6 heteroatoms. The molecule has 21 heavy (non-hydrogen) atoms. The van der Waals surface area contributed by atoms with Crippen molar-refractivity contribution in [2.24, 2.45) is 11.8 Å². The lowest BCUT2D eigenvalue weighted by Gasteiger charge is -2.38. The van der Waals surface area contributed by atoms with Crippen molar-refractivity contribution in [3.63, 3.8) is 0 Å². The molecule has 4 N–H and O–H groups in total. The Morgan fingerprint density at radius 2 is 1.95 bits per heavy atom. The van der Waals surface area contributed by atoms with Gasteiger partial charge in [-0.05, 0) is 52.6 Å². The molecule has 1 fully saturated rings. The summed E-state index contributed by atoms with van der Waals surface area (Å²) in [6, 6.07) is 0. The van der Waals surface area contributed by atoms with Gasteiger partial charge in [0.05, 0.1) is 5.60 Å². The summed E-state index contributed by atoms with van der Waals surface area (Å²) in [5.74, 6) is 0.866. The van der Waals surface area contributed by atoms with E-state index in [9.17, 15) is 5.11 Å². The molecule has 1 heterocycles. The smallest absolute Gasteiger partial charge is 0.110 e. The molecule has 0 spiro atoms. The number of likely N-dealkylation sites (tertiary alicyclic amines) is 1. The molecule has 1 aliphatic heterocycles. The second kappa shape index (κ2) is 8.34. The molecule has 124 valence electrons. The van der Waals surface area contributed by atoms with E-state index in [1.165, 1.54) is 0 Å². The van der Waals surface area contributed by atoms with Crippen LogP contribution >= 0.6 is 11.6 Å². The van der Waals surface area contributed by atoms with Crippen LogP contribution in [-0.2, 0) is 0 Å². The van der Waals surface area contributed by atoms with E-state index < -0.39 is 5.60 Å². The van der Waals surface area contributed by atoms with Gasteiger partial charge in [0.1, 0.15) is 6.73 Å². The number of piperidine rings is 1. The number of hydrazine groups is 1. The quantitative estimate of drug-likeness (QED) is 0.424. The predicted octanol–water partition coefficient (Wildman–Crippen LogP) is 1.62. The highest BCUT2D eigenvalue weighted by atomic mass is 35.5. The number of nitrogens with one attached hydrogen (secondary N) is 2. The number of allylic oxidation sites excluding steroid dienone is 2. The van der Waals surface area contributed by atoms with Crippen LogP contribution < -0.4 is 10.9 Å². The van der Waals surface area contributed by atoms with Gasteiger partial charge in [-0.3, -0.25) is 0 Å². The minimum atomic E-state index is -0.636. The van der Waals surface area contributed by atoms with E-state index in [-0.39, 0.29) is 6.73 Å². The number of halogens is 1. The summed E-state index contributed by atoms with van der Waals surface area (Å²) in [4.78, 5) is 2.32. The van der Waals surface area contributed by atoms with Gasteiger partial charge in [0.2, 0.25) is 0 Å². The van der Waals surface area contributed by atoms with Crippen LogP contribution in [-0.4, -0.2) is 47.1 Å². The standard InChI is InChI=1S/C15H30ClN3O2/c1-11(14(12(2)16)18-17-10-20)13-5-7-19(8-6-13)9-15(3,4)21/h11,13,17-18,20-21H,5-10H2,1-4H3/b14-12+. The van der Waals surface area contributed by atoms with E-state index >= 15 is 0 Å². The van der Waals surface area contributed by atoms with Gasteiger partial charge >= 0.3 is 0 Å². The number of aliphatic hydroxyl groups is 2. The van der Waals surface area contributed by atoms with Crippen molar-refractivity contribution in [2.45, 2.75) is 46.1 Å². The van der Waals surface area contributed by atoms with Crippen molar-refractivity contribution in [1.29, 1.82) is 0 Å². The molecule has 1 unspecified atom stereocenters. The first kappa shape index (κ1) is 18.7. The summed E-state index contributed by atoms with van der Waals surface area (Å²) in [5, 5.41) is 19.5. The van der Waals surface area contributed by atoms with E-state index in [0.717, 1.165) is 43.2 Å². The lowest BCUT2D eigenvalue weighted by atomic mass is 9.83. The Morgan fingerprint density at radius 3 is 2.38 bits per heavy atom. The second-order valence-electron chi connectivity index (χ2n) is 6.62. The van der Waals surface area contributed by atoms with Crippen LogP contribution in [0.4, 0.5) is 0 Å². The maximum Gasteiger partial charge on any atom is 0.110 e. The van der Waals surface area contributed by atoms with E-state index in [1.54, 1.807) is 0 Å². The van der Waals surface area contributed by atoms with E-state index in [2.05, 4.69) is 22.7 Å². The number of aliphatic hydroxyl groups excluding tert-OH is 1. The minimum Gasteiger partial charge on any atom is -0.389 e. The lowest BCUT2D eigenvalue weighted by molar-refractivity contribution is 0.0216. The summed E-state index contributed by atoms with van der Waals surface area (Å²) >= 11 is 6.16. The third-order valence-corrected chi connectivity index (χ3v) is 4.28. The van der Waals surface area contributed by atoms with Crippen LogP contribution in [0.5, 0.6) is 0 Å². The molecule has 0 bridgehead atoms. The predicted molar refractivity (Wildman–Crippen MR) is 86.5 cm³/mol. The second-order valence-corrected chi connectivity index (χ2v) is 7.19. The van der Waals surface area contributed by atoms with Crippen LogP contribution in [0.25, 0.3) is 0 Å². The van der Waals surface area contributed by atoms with Crippen molar-refractivity contribution < 1.29 is 10.2 Å². The fourth-order valence-corrected chi connectivity index (χ4v) is 3.26. The SMILES string of the molecule is C/C(Cl)=C(\NNCO)C(C)C1CCN(CC(C)(C)O)CC1. The number of nitrogens with zero attached hydrogens (tertiary/aromatic N) is 1. The maximum absolute atomic E-state index is 9.89. The molecule has 0 radical (unpaired) electrons. The van der Waals surface area contributed by atoms with E-state index in [0.29, 0.717) is 11.8 Å². The average molecular weight is 320 g/mol. The highest BCUT2D eigenvalue weighted by Gasteiger charge is 2.28. The number of β-amino-alcohol motifs (C(OH)–C–C–N with tert-alkyl or cyclic N) is 1. The van der Waals surface area contributed by atoms with Crippen molar-refractivity contribution in [1.82, 2.24) is 15.8 Å². The largest absolute Gasteiger partial charge is 0.389 e. The minimum absolute atomic E-state index is 0.135. The van der Waals surface area contributed by atoms with Gasteiger partial charge in [0.15, 0.2) is 0 Å². The summed E-state index contributed by atoms with van der Waals surface area (Å²) in [7, 11) is 0. The average Bonchev–Trinajstić information content (AvgIpc) is 2.37. The molecule has 0 amide bonds. The molecular formula is C15H30ClN3O2. The van der Waals surface area contributed by atoms with E-state index in [1.807, 2.05) is 20.8 Å². The van der Waals surface area contributed by atoms with Crippen LogP contribution in [0.3, 0.4) is 0 Å². The zero-order valence-corrected chi connectivity index (χ0v) is 14.4. The van der Waals surface area contributed by atoms with Gasteiger partial charge in [-0.15, -0.1) is 0 Å². The molecule has 1 saturated heterocycles. The highest BCUT2D eigenvalue weighted by Crippen LogP contribution is 2.31. The molecule has 0 aliphatic carbocycles. The first-order valence-corrected chi connectivity index (χ1v) is 8.03. The molecule has 1 aliphatic rings. The van der Waals surface area contributed by atoms with Crippen LogP contribution in [0.2, 0.25) is 0 Å². The normalized spacial score (nSPS) is 21.1. The number of hydrogen-bond acceptors (Lipinski definition) is 5. The van der Waals surface area contributed by atoms with Crippen molar-refractivity contribution in [3.05, 3.63) is 10.7 Å². The first-order chi connectivity index (χ1) is 9.74. The Balaban J connectivity index is 2.54. The molecule has 5 nitrogen and oxygen atoms in total. The van der Waals surface area contributed by atoms with Crippen LogP contribution in [0.15, 0.2) is 10.7 Å². The Labute approximate surface area is 133 Å². The van der Waals surface area contributed by atoms with Crippen molar-refractivity contribution in [2.75, 3.05) is 26.4 Å². The molecule has 0 saturated carbocycles. The van der Waals surface area contributed by atoms with Crippen molar-refractivity contribution in [3.8, 4) is 0 Å². The van der Waals surface area contributed by atoms with Gasteiger partial charge in [0, 0.05) is 23.2 Å². The van der Waals surface area contributed by atoms with Gasteiger partial charge in [-0.2, -0.15) is 0 Å². The Kier molecular flexibility index (Phi) is 7.44. The zero-order chi connectivity index (χ0) is 16.0. The molecule has 0 aromatic carbocycles. The van der Waals surface area contributed by atoms with Crippen LogP contribution in [0, 0.1) is 11.8 Å². The summed E-state index contributed by atoms with van der Waals surface area (Å²) < 4.78 is 0. The summed E-state index contributed by atoms with van der Waals surface area (Å²) in [5.41, 5.74) is 6.03. The highest BCUT2D eigenvalue weighted by molar-refractivity contribution is 6.29. The third-order valence-electron chi connectivity index (χ3n) is 4.08. The summed E-state index contributed by atoms with van der Waals surface area (Å²) in [6.45, 7) is 10.3. The molecule has 1 rings (SSSR count). The van der Waals surface area contributed by atoms with E-state index in [4.69, 9.17) is 16.7 Å². The fourth-order valence-electron chi connectivity index (χ4n) is 3.04. The fraction of sp³-hybridized carbons (Fsp3) is 0.867. The lowest BCUT2D eigenvalue weighted by Crippen LogP contribution is -2.44. The van der Waals surface area contributed by atoms with Crippen molar-refractivity contribution >= 4 is 11.6 Å². The monoisotopic (exact) mass is 319 g/mol. The Hall–Kier alpha value is -0.330. The van der Waals surface area contributed by atoms with Gasteiger partial charge in [-0.1, -0.05) is 18.5 Å². The Morgan fingerprint density at radius 1 is 1.38 bits per heavy atom. The maximum atomic E-state index is 9.89. The first-order valence-electron chi connectivity index (χ1n) is 7.65. The Bertz CT molecular complexity index is 343. The van der Waals surface area contributed by atoms with Crippen LogP contribution in [0.1, 0.15) is 40.5 Å². The molecule has 0 aromatic rings. The number of hydrogen-bond donors (Lipinski definition) is 4. The molecular weight excluding hydrogens is 290 g/mol. The molecule has 1 atom stereocenters. The molecule has 0 aromatic heterocycles. The summed E-state index contributed by atoms with van der Waals surface area (Å²) in [6.07, 6.45) is 2.18. The van der Waals surface area contributed by atoms with Gasteiger partial charge in [0.25, 0.3) is 0 Å². The van der Waals surface area contributed by atoms with Gasteiger partial charge < -0.3 is 20.5 Å². The topological polar surface area (TPSA) is 67.8 Å². The zero-order valence-electron chi connectivity index (χ0n) is 13.6. The number of rotatable bonds is 7. The van der Waals surface area contributed by atoms with Gasteiger partial charge in [-0.25, -0.2) is 5.43 Å². The third kappa shape index (κ3) is 6.53.